The highest BCUT2D eigenvalue weighted by Gasteiger charge is 2.38. The van der Waals surface area contributed by atoms with Gasteiger partial charge in [-0.25, -0.2) is 0 Å². The summed E-state index contributed by atoms with van der Waals surface area (Å²) in [6, 6.07) is 8.74. The Labute approximate surface area is 131 Å². The van der Waals surface area contributed by atoms with Crippen LogP contribution in [-0.2, 0) is 0 Å². The molecule has 4 unspecified atom stereocenters. The van der Waals surface area contributed by atoms with Gasteiger partial charge >= 0.3 is 0 Å². The Morgan fingerprint density at radius 3 is 2.24 bits per heavy atom. The van der Waals surface area contributed by atoms with Gasteiger partial charge in [-0.2, -0.15) is 0 Å². The Morgan fingerprint density at radius 1 is 1.19 bits per heavy atom. The maximum absolute atomic E-state index is 12.7. The van der Waals surface area contributed by atoms with E-state index < -0.39 is 23.5 Å². The molecule has 2 N–H and O–H groups in total. The van der Waals surface area contributed by atoms with Crippen LogP contribution in [0.1, 0.15) is 44.0 Å². The lowest BCUT2D eigenvalue weighted by Crippen LogP contribution is -2.44. The number of alkyl halides is 1. The molecule has 0 bridgehead atoms. The Hall–Kier alpha value is -0.900. The lowest BCUT2D eigenvalue weighted by Gasteiger charge is -2.31. The van der Waals surface area contributed by atoms with E-state index in [0.717, 1.165) is 6.42 Å². The van der Waals surface area contributed by atoms with Gasteiger partial charge < -0.3 is 10.2 Å². The van der Waals surface area contributed by atoms with Gasteiger partial charge in [-0.1, -0.05) is 57.5 Å². The van der Waals surface area contributed by atoms with Crippen molar-refractivity contribution in [2.75, 3.05) is 0 Å². The Morgan fingerprint density at radius 2 is 1.76 bits per heavy atom. The third-order valence-corrected chi connectivity index (χ3v) is 4.45. The Bertz CT molecular complexity index is 433. The van der Waals surface area contributed by atoms with Crippen molar-refractivity contribution in [2.24, 2.45) is 11.8 Å². The number of ketones is 1. The largest absolute Gasteiger partial charge is 0.392 e. The molecule has 1 aromatic carbocycles. The lowest BCUT2D eigenvalue weighted by molar-refractivity contribution is 0.00727. The van der Waals surface area contributed by atoms with E-state index in [-0.39, 0.29) is 11.7 Å². The molecule has 0 spiro atoms. The van der Waals surface area contributed by atoms with Crippen LogP contribution in [-0.4, -0.2) is 33.6 Å². The number of rotatable bonds is 8. The molecule has 1 rings (SSSR count). The SMILES string of the molecule is CCCC(O)C(C(=O)c1ccccc1)C(O)C(Cl)C(C)C. The average Bonchev–Trinajstić information content (AvgIpc) is 2.47. The minimum atomic E-state index is -1.07. The van der Waals surface area contributed by atoms with Crippen LogP contribution >= 0.6 is 11.6 Å². The minimum Gasteiger partial charge on any atom is -0.392 e. The average molecular weight is 313 g/mol. The molecule has 0 amide bonds. The molecule has 0 aliphatic heterocycles. The second kappa shape index (κ2) is 8.52. The van der Waals surface area contributed by atoms with Gasteiger partial charge in [-0.05, 0) is 12.3 Å². The summed E-state index contributed by atoms with van der Waals surface area (Å²) in [6.07, 6.45) is -0.762. The minimum absolute atomic E-state index is 0.0153. The lowest BCUT2D eigenvalue weighted by atomic mass is 9.82. The number of hydrogen-bond acceptors (Lipinski definition) is 3. The number of carbonyl (C=O) groups is 1. The predicted octanol–water partition coefficient (Wildman–Crippen LogP) is 3.27. The van der Waals surface area contributed by atoms with Crippen LogP contribution in [0.5, 0.6) is 0 Å². The number of aliphatic hydroxyl groups is 2. The van der Waals surface area contributed by atoms with E-state index in [1.807, 2.05) is 26.8 Å². The number of carbonyl (C=O) groups excluding carboxylic acids is 1. The molecular weight excluding hydrogens is 288 g/mol. The zero-order chi connectivity index (χ0) is 16.0. The van der Waals surface area contributed by atoms with Crippen LogP contribution in [0, 0.1) is 11.8 Å². The number of aliphatic hydroxyl groups excluding tert-OH is 2. The van der Waals surface area contributed by atoms with Gasteiger partial charge in [0.1, 0.15) is 0 Å². The maximum atomic E-state index is 12.7. The van der Waals surface area contributed by atoms with E-state index in [2.05, 4.69) is 0 Å². The van der Waals surface area contributed by atoms with Gasteiger partial charge in [-0.15, -0.1) is 11.6 Å². The third-order valence-electron chi connectivity index (χ3n) is 3.69. The molecule has 0 aliphatic rings. The molecule has 0 aliphatic carbocycles. The molecule has 4 heteroatoms. The Kier molecular flexibility index (Phi) is 7.36. The molecule has 4 atom stereocenters. The first-order chi connectivity index (χ1) is 9.90. The number of hydrogen-bond donors (Lipinski definition) is 2. The highest BCUT2D eigenvalue weighted by Crippen LogP contribution is 2.27. The summed E-state index contributed by atoms with van der Waals surface area (Å²) in [5, 5.41) is 20.2. The fourth-order valence-corrected chi connectivity index (χ4v) is 2.58. The van der Waals surface area contributed by atoms with E-state index >= 15 is 0 Å². The number of halogens is 1. The van der Waals surface area contributed by atoms with Crippen LogP contribution in [0.3, 0.4) is 0 Å². The summed E-state index contributed by atoms with van der Waals surface area (Å²) in [5.74, 6) is -1.13. The fourth-order valence-electron chi connectivity index (χ4n) is 2.42. The van der Waals surface area contributed by atoms with Crippen LogP contribution in [0.2, 0.25) is 0 Å². The molecule has 118 valence electrons. The third kappa shape index (κ3) is 4.80. The van der Waals surface area contributed by atoms with Crippen LogP contribution < -0.4 is 0 Å². The van der Waals surface area contributed by atoms with Crippen molar-refractivity contribution >= 4 is 17.4 Å². The van der Waals surface area contributed by atoms with Crippen LogP contribution in [0.25, 0.3) is 0 Å². The molecule has 0 radical (unpaired) electrons. The van der Waals surface area contributed by atoms with Crippen molar-refractivity contribution in [3.8, 4) is 0 Å². The normalized spacial score (nSPS) is 17.3. The molecule has 0 saturated heterocycles. The molecule has 21 heavy (non-hydrogen) atoms. The predicted molar refractivity (Wildman–Crippen MR) is 85.7 cm³/mol. The van der Waals surface area contributed by atoms with Crippen molar-refractivity contribution in [3.05, 3.63) is 35.9 Å². The number of benzene rings is 1. The smallest absolute Gasteiger partial charge is 0.171 e. The quantitative estimate of drug-likeness (QED) is 0.572. The molecule has 0 saturated carbocycles. The zero-order valence-corrected chi connectivity index (χ0v) is 13.6. The van der Waals surface area contributed by atoms with E-state index in [1.165, 1.54) is 0 Å². The second-order valence-corrected chi connectivity index (χ2v) is 6.30. The highest BCUT2D eigenvalue weighted by molar-refractivity contribution is 6.21. The van der Waals surface area contributed by atoms with Gasteiger partial charge in [0.2, 0.25) is 0 Å². The van der Waals surface area contributed by atoms with Crippen molar-refractivity contribution < 1.29 is 15.0 Å². The van der Waals surface area contributed by atoms with E-state index in [4.69, 9.17) is 11.6 Å². The van der Waals surface area contributed by atoms with Crippen molar-refractivity contribution in [3.63, 3.8) is 0 Å². The monoisotopic (exact) mass is 312 g/mol. The topological polar surface area (TPSA) is 57.5 Å². The molecule has 3 nitrogen and oxygen atoms in total. The maximum Gasteiger partial charge on any atom is 0.171 e. The summed E-state index contributed by atoms with van der Waals surface area (Å²) in [7, 11) is 0. The van der Waals surface area contributed by atoms with E-state index in [9.17, 15) is 15.0 Å². The van der Waals surface area contributed by atoms with Gasteiger partial charge in [-0.3, -0.25) is 4.79 Å². The summed E-state index contributed by atoms with van der Waals surface area (Å²) >= 11 is 6.22. The first-order valence-electron chi connectivity index (χ1n) is 7.49. The molecule has 0 heterocycles. The van der Waals surface area contributed by atoms with Crippen molar-refractivity contribution in [1.82, 2.24) is 0 Å². The number of Topliss-reactive ketones (excluding diaryl/α,β-unsaturated/α-hetero) is 1. The molecular formula is C17H25ClO3. The van der Waals surface area contributed by atoms with Gasteiger partial charge in [0, 0.05) is 5.56 Å². The molecule has 0 aromatic heterocycles. The highest BCUT2D eigenvalue weighted by atomic mass is 35.5. The van der Waals surface area contributed by atoms with Gasteiger partial charge in [0.15, 0.2) is 5.78 Å². The zero-order valence-electron chi connectivity index (χ0n) is 12.9. The van der Waals surface area contributed by atoms with Crippen molar-refractivity contribution in [2.45, 2.75) is 51.2 Å². The van der Waals surface area contributed by atoms with Crippen molar-refractivity contribution in [1.29, 1.82) is 0 Å². The van der Waals surface area contributed by atoms with E-state index in [0.29, 0.717) is 12.0 Å². The molecule has 1 aromatic rings. The van der Waals surface area contributed by atoms with Gasteiger partial charge in [0.05, 0.1) is 23.5 Å². The van der Waals surface area contributed by atoms with Gasteiger partial charge in [0.25, 0.3) is 0 Å². The Balaban J connectivity index is 3.05. The first-order valence-corrected chi connectivity index (χ1v) is 7.93. The fraction of sp³-hybridized carbons (Fsp3) is 0.588. The van der Waals surface area contributed by atoms with Crippen LogP contribution in [0.15, 0.2) is 30.3 Å². The summed E-state index contributed by atoms with van der Waals surface area (Å²) in [6.45, 7) is 5.70. The summed E-state index contributed by atoms with van der Waals surface area (Å²) < 4.78 is 0. The summed E-state index contributed by atoms with van der Waals surface area (Å²) in [5.41, 5.74) is 0.490. The van der Waals surface area contributed by atoms with Crippen LogP contribution in [0.4, 0.5) is 0 Å². The second-order valence-electron chi connectivity index (χ2n) is 5.79. The van der Waals surface area contributed by atoms with E-state index in [1.54, 1.807) is 24.3 Å². The molecule has 0 fully saturated rings. The summed E-state index contributed by atoms with van der Waals surface area (Å²) in [4.78, 5) is 12.7. The first kappa shape index (κ1) is 18.1. The standard InChI is InChI=1S/C17H25ClO3/c1-4-8-13(19)14(17(21)15(18)11(2)3)16(20)12-9-6-5-7-10-12/h5-7,9-11,13-15,17,19,21H,4,8H2,1-3H3.